The first-order valence-electron chi connectivity index (χ1n) is 38.3. The van der Waals surface area contributed by atoms with Crippen molar-refractivity contribution in [2.45, 2.75) is 386 Å². The number of quaternary nitrogens is 1. The number of allylic oxidation sites excluding steroid dienone is 11. The quantitative estimate of drug-likeness (QED) is 0.0243. The predicted octanol–water partition coefficient (Wildman–Crippen LogP) is 24.9. The molecule has 3 atom stereocenters. The Balaban J connectivity index is 3.98. The minimum atomic E-state index is -4.36. The highest BCUT2D eigenvalue weighted by atomic mass is 31.2. The Bertz CT molecular complexity index is 1670. The summed E-state index contributed by atoms with van der Waals surface area (Å²) in [5.74, 6) is -0.170. The second-order valence-electron chi connectivity index (χ2n) is 27.4. The van der Waals surface area contributed by atoms with Crippen LogP contribution in [0.15, 0.2) is 72.9 Å². The van der Waals surface area contributed by atoms with E-state index in [0.29, 0.717) is 17.4 Å². The van der Waals surface area contributed by atoms with Crippen molar-refractivity contribution in [1.29, 1.82) is 0 Å². The van der Waals surface area contributed by atoms with E-state index >= 15 is 0 Å². The number of nitrogens with one attached hydrogen (secondary N) is 1. The maximum Gasteiger partial charge on any atom is 0.472 e. The van der Waals surface area contributed by atoms with Crippen LogP contribution >= 0.6 is 7.82 Å². The van der Waals surface area contributed by atoms with Crippen LogP contribution in [0, 0.1) is 0 Å². The van der Waals surface area contributed by atoms with Gasteiger partial charge in [-0.05, 0) is 64.2 Å². The number of phosphoric ester groups is 1. The average Bonchev–Trinajstić information content (AvgIpc) is 3.70. The van der Waals surface area contributed by atoms with Crippen molar-refractivity contribution in [3.8, 4) is 0 Å². The Hall–Kier alpha value is -2.06. The number of carbonyl (C=O) groups excluding carboxylic acids is 1. The molecule has 9 heteroatoms. The Morgan fingerprint density at radius 2 is 0.682 bits per heavy atom. The number of nitrogens with zero attached hydrogens (tertiary/aromatic N) is 1. The van der Waals surface area contributed by atoms with E-state index in [1.54, 1.807) is 6.08 Å². The third-order valence-electron chi connectivity index (χ3n) is 17.4. The summed E-state index contributed by atoms with van der Waals surface area (Å²) in [6, 6.07) is -0.849. The van der Waals surface area contributed by atoms with Crippen molar-refractivity contribution in [1.82, 2.24) is 5.32 Å². The highest BCUT2D eigenvalue weighted by Gasteiger charge is 2.28. The lowest BCUT2D eigenvalue weighted by Gasteiger charge is -2.25. The molecule has 0 rings (SSSR count). The van der Waals surface area contributed by atoms with Gasteiger partial charge in [0.15, 0.2) is 0 Å². The van der Waals surface area contributed by atoms with E-state index in [1.807, 2.05) is 27.2 Å². The summed E-state index contributed by atoms with van der Waals surface area (Å²) in [5.41, 5.74) is 0. The summed E-state index contributed by atoms with van der Waals surface area (Å²) in [7, 11) is 1.59. The molecular formula is C79H150N2O6P+. The first-order chi connectivity index (χ1) is 43.0. The molecule has 0 aromatic rings. The zero-order valence-corrected chi connectivity index (χ0v) is 60.1. The number of aliphatic hydroxyl groups is 1. The normalized spacial score (nSPS) is 13.9. The summed E-state index contributed by atoms with van der Waals surface area (Å²) in [6.07, 6.45) is 97.9. The lowest BCUT2D eigenvalue weighted by molar-refractivity contribution is -0.870. The fourth-order valence-corrected chi connectivity index (χ4v) is 12.3. The van der Waals surface area contributed by atoms with Crippen LogP contribution in [0.2, 0.25) is 0 Å². The van der Waals surface area contributed by atoms with Gasteiger partial charge in [0.25, 0.3) is 0 Å². The lowest BCUT2D eigenvalue weighted by Crippen LogP contribution is -2.45. The molecule has 0 radical (unpaired) electrons. The molecule has 8 nitrogen and oxygen atoms in total. The Kier molecular flexibility index (Phi) is 67.7. The molecule has 516 valence electrons. The smallest absolute Gasteiger partial charge is 0.387 e. The summed E-state index contributed by atoms with van der Waals surface area (Å²) in [5, 5.41) is 14.1. The molecule has 0 saturated carbocycles. The highest BCUT2D eigenvalue weighted by Crippen LogP contribution is 2.43. The van der Waals surface area contributed by atoms with Gasteiger partial charge in [-0.2, -0.15) is 0 Å². The van der Waals surface area contributed by atoms with Crippen molar-refractivity contribution in [2.24, 2.45) is 0 Å². The molecule has 0 aliphatic rings. The molecule has 0 aromatic heterocycles. The molecule has 88 heavy (non-hydrogen) atoms. The minimum absolute atomic E-state index is 0.0622. The Labute approximate surface area is 548 Å². The number of rotatable bonds is 71. The molecule has 0 aromatic carbocycles. The topological polar surface area (TPSA) is 105 Å². The third kappa shape index (κ3) is 71.4. The maximum atomic E-state index is 13.1. The average molecular weight is 1260 g/mol. The first kappa shape index (κ1) is 85.9. The molecule has 0 saturated heterocycles. The van der Waals surface area contributed by atoms with E-state index < -0.39 is 20.0 Å². The van der Waals surface area contributed by atoms with Gasteiger partial charge in [0.2, 0.25) is 5.91 Å². The molecule has 1 amide bonds. The molecule has 0 spiro atoms. The standard InChI is InChI=1S/C79H149N2O6P/c1-6-8-10-12-14-16-18-20-22-24-26-28-30-32-34-36-37-38-39-40-41-42-43-45-47-49-51-53-55-57-59-61-63-65-67-69-71-73-79(83)80-77(76-87-88(84,85)86-75-74-81(3,4)5)78(82)72-70-68-66-64-62-60-58-56-54-52-50-48-46-44-35-33-31-29-27-25-23-21-19-17-15-13-11-9-7-2/h8,10,14,16,20,22,26,28,32,34,70,72,77-78,82H,6-7,9,11-13,15,17-19,21,23-25,27,29-31,33,35-69,71,73-76H2,1-5H3,(H-,80,83,84,85)/p+1/b10-8-,16-14-,22-20-,28-26-,34-32-,72-70+. The number of carbonyl (C=O) groups is 1. The Morgan fingerprint density at radius 3 is 1.00 bits per heavy atom. The molecule has 0 aliphatic heterocycles. The van der Waals surface area contributed by atoms with Crippen LogP contribution in [-0.2, 0) is 18.4 Å². The van der Waals surface area contributed by atoms with Crippen LogP contribution in [0.4, 0.5) is 0 Å². The van der Waals surface area contributed by atoms with Gasteiger partial charge in [0.05, 0.1) is 39.9 Å². The molecule has 0 bridgehead atoms. The zero-order valence-electron chi connectivity index (χ0n) is 59.2. The van der Waals surface area contributed by atoms with Crippen molar-refractivity contribution < 1.29 is 32.9 Å². The van der Waals surface area contributed by atoms with E-state index in [2.05, 4.69) is 79.9 Å². The van der Waals surface area contributed by atoms with Crippen LogP contribution in [-0.4, -0.2) is 73.4 Å². The third-order valence-corrected chi connectivity index (χ3v) is 18.4. The van der Waals surface area contributed by atoms with Gasteiger partial charge in [0.1, 0.15) is 13.2 Å². The van der Waals surface area contributed by atoms with Gasteiger partial charge in [0, 0.05) is 6.42 Å². The number of hydrogen-bond acceptors (Lipinski definition) is 5. The van der Waals surface area contributed by atoms with E-state index in [4.69, 9.17) is 9.05 Å². The number of hydrogen-bond donors (Lipinski definition) is 3. The summed E-state index contributed by atoms with van der Waals surface area (Å²) in [4.78, 5) is 23.5. The van der Waals surface area contributed by atoms with Gasteiger partial charge in [-0.15, -0.1) is 0 Å². The molecule has 0 heterocycles. The molecular weight excluding hydrogens is 1100 g/mol. The van der Waals surface area contributed by atoms with Gasteiger partial charge in [-0.1, -0.05) is 376 Å². The SMILES string of the molecule is CC/C=C\C/C=C\C/C=C\C/C=C\C/C=C\CCCCCCCCCCCCCCCCCCCCCCCC(=O)NC(COP(=O)(O)OCC[N+](C)(C)C)C(O)/C=C/CCCCCCCCCCCCCCCCCCCCCCCCCCCCC. The number of amides is 1. The highest BCUT2D eigenvalue weighted by molar-refractivity contribution is 7.47. The van der Waals surface area contributed by atoms with E-state index in [0.717, 1.165) is 70.6 Å². The van der Waals surface area contributed by atoms with Crippen LogP contribution in [0.3, 0.4) is 0 Å². The summed E-state index contributed by atoms with van der Waals surface area (Å²) < 4.78 is 23.9. The fraction of sp³-hybridized carbons (Fsp3) is 0.835. The van der Waals surface area contributed by atoms with Crippen LogP contribution in [0.5, 0.6) is 0 Å². The Morgan fingerprint density at radius 1 is 0.398 bits per heavy atom. The van der Waals surface area contributed by atoms with Crippen LogP contribution in [0.25, 0.3) is 0 Å². The van der Waals surface area contributed by atoms with E-state index in [9.17, 15) is 19.4 Å². The van der Waals surface area contributed by atoms with Gasteiger partial charge in [-0.25, -0.2) is 4.57 Å². The number of likely N-dealkylation sites (N-methyl/N-ethyl adjacent to an activating group) is 1. The molecule has 0 aliphatic carbocycles. The van der Waals surface area contributed by atoms with Gasteiger partial charge in [-0.3, -0.25) is 13.8 Å². The summed E-state index contributed by atoms with van der Waals surface area (Å²) >= 11 is 0. The van der Waals surface area contributed by atoms with Crippen molar-refractivity contribution in [2.75, 3.05) is 40.9 Å². The van der Waals surface area contributed by atoms with E-state index in [1.165, 1.54) is 283 Å². The second kappa shape index (κ2) is 69.3. The van der Waals surface area contributed by atoms with Crippen LogP contribution in [0.1, 0.15) is 373 Å². The van der Waals surface area contributed by atoms with Gasteiger partial charge >= 0.3 is 7.82 Å². The molecule has 0 fully saturated rings. The molecule has 3 unspecified atom stereocenters. The number of unbranched alkanes of at least 4 members (excludes halogenated alkanes) is 48. The second-order valence-corrected chi connectivity index (χ2v) is 28.8. The predicted molar refractivity (Wildman–Crippen MR) is 387 cm³/mol. The largest absolute Gasteiger partial charge is 0.472 e. The van der Waals surface area contributed by atoms with Crippen LogP contribution < -0.4 is 5.32 Å². The lowest BCUT2D eigenvalue weighted by atomic mass is 10.0. The number of phosphoric acid groups is 1. The van der Waals surface area contributed by atoms with Crippen molar-refractivity contribution in [3.63, 3.8) is 0 Å². The van der Waals surface area contributed by atoms with Crippen molar-refractivity contribution in [3.05, 3.63) is 72.9 Å². The monoisotopic (exact) mass is 1250 g/mol. The van der Waals surface area contributed by atoms with Crippen molar-refractivity contribution >= 4 is 13.7 Å². The first-order valence-corrected chi connectivity index (χ1v) is 39.8. The minimum Gasteiger partial charge on any atom is -0.387 e. The molecule has 3 N–H and O–H groups in total. The summed E-state index contributed by atoms with van der Waals surface area (Å²) in [6.45, 7) is 4.76. The zero-order chi connectivity index (χ0) is 64.1. The fourth-order valence-electron chi connectivity index (χ4n) is 11.5. The van der Waals surface area contributed by atoms with Gasteiger partial charge < -0.3 is 19.8 Å². The van der Waals surface area contributed by atoms with E-state index in [-0.39, 0.29) is 19.1 Å². The maximum absolute atomic E-state index is 13.1. The number of aliphatic hydroxyl groups excluding tert-OH is 1.